The van der Waals surface area contributed by atoms with E-state index in [0.29, 0.717) is 41.4 Å². The van der Waals surface area contributed by atoms with Crippen LogP contribution in [0.25, 0.3) is 5.57 Å². The molecule has 3 rings (SSSR count). The first-order chi connectivity index (χ1) is 14.8. The van der Waals surface area contributed by atoms with Gasteiger partial charge in [0, 0.05) is 13.1 Å². The van der Waals surface area contributed by atoms with Crippen molar-refractivity contribution < 1.29 is 28.5 Å². The number of benzene rings is 1. The molecular weight excluding hydrogens is 400 g/mol. The lowest BCUT2D eigenvalue weighted by Crippen LogP contribution is -2.47. The maximum atomic E-state index is 13.4. The molecule has 1 saturated heterocycles. The summed E-state index contributed by atoms with van der Waals surface area (Å²) >= 11 is 0. The largest absolute Gasteiger partial charge is 0.493 e. The predicted molar refractivity (Wildman–Crippen MR) is 116 cm³/mol. The van der Waals surface area contributed by atoms with Crippen LogP contribution < -0.4 is 9.47 Å². The molecule has 2 aliphatic rings. The molecule has 2 atom stereocenters. The Morgan fingerprint density at radius 2 is 1.68 bits per heavy atom. The van der Waals surface area contributed by atoms with E-state index in [1.54, 1.807) is 32.4 Å². The molecule has 2 aliphatic heterocycles. The van der Waals surface area contributed by atoms with Gasteiger partial charge in [-0.1, -0.05) is 6.07 Å². The molecule has 0 N–H and O–H groups in total. The van der Waals surface area contributed by atoms with Crippen molar-refractivity contribution in [3.05, 3.63) is 29.5 Å². The fourth-order valence-corrected chi connectivity index (χ4v) is 4.05. The second-order valence-corrected chi connectivity index (χ2v) is 8.14. The minimum Gasteiger partial charge on any atom is -0.493 e. The average Bonchev–Trinajstić information content (AvgIpc) is 2.97. The summed E-state index contributed by atoms with van der Waals surface area (Å²) in [4.78, 5) is 30.1. The SMILES string of the molecule is COc1ccc(C2=C(N3CC(C)OC(C)C3)C(=O)N(CCOC(C)C)C2=O)cc1OC. The molecule has 2 amide bonds. The van der Waals surface area contributed by atoms with Gasteiger partial charge < -0.3 is 23.8 Å². The van der Waals surface area contributed by atoms with E-state index in [4.69, 9.17) is 18.9 Å². The molecule has 1 aromatic carbocycles. The first-order valence-corrected chi connectivity index (χ1v) is 10.6. The van der Waals surface area contributed by atoms with Crippen LogP contribution >= 0.6 is 0 Å². The van der Waals surface area contributed by atoms with E-state index in [-0.39, 0.29) is 43.3 Å². The van der Waals surface area contributed by atoms with Crippen LogP contribution in [-0.4, -0.2) is 80.4 Å². The first kappa shape index (κ1) is 23.1. The highest BCUT2D eigenvalue weighted by Gasteiger charge is 2.43. The standard InChI is InChI=1S/C23H32N2O6/c1-14(2)30-10-9-25-22(26)20(17-7-8-18(28-5)19(11-17)29-6)21(23(25)27)24-12-15(3)31-16(4)13-24/h7-8,11,14-16H,9-10,12-13H2,1-6H3. The van der Waals surface area contributed by atoms with E-state index >= 15 is 0 Å². The van der Waals surface area contributed by atoms with E-state index in [2.05, 4.69) is 0 Å². The van der Waals surface area contributed by atoms with Crippen LogP contribution in [0, 0.1) is 0 Å². The molecule has 0 saturated carbocycles. The molecule has 0 aromatic heterocycles. The Hall–Kier alpha value is -2.58. The van der Waals surface area contributed by atoms with Crippen LogP contribution in [0.3, 0.4) is 0 Å². The second kappa shape index (κ2) is 9.70. The Bertz CT molecular complexity index is 856. The van der Waals surface area contributed by atoms with Gasteiger partial charge in [-0.05, 0) is 45.4 Å². The van der Waals surface area contributed by atoms with Crippen LogP contribution in [-0.2, 0) is 19.1 Å². The van der Waals surface area contributed by atoms with Crippen LogP contribution in [0.4, 0.5) is 0 Å². The van der Waals surface area contributed by atoms with E-state index in [0.717, 1.165) is 0 Å². The number of hydrogen-bond donors (Lipinski definition) is 0. The van der Waals surface area contributed by atoms with Crippen molar-refractivity contribution in [3.63, 3.8) is 0 Å². The number of carbonyl (C=O) groups excluding carboxylic acids is 2. The third-order valence-corrected chi connectivity index (χ3v) is 5.32. The molecular formula is C23H32N2O6. The van der Waals surface area contributed by atoms with Crippen molar-refractivity contribution in [2.75, 3.05) is 40.5 Å². The predicted octanol–water partition coefficient (Wildman–Crippen LogP) is 2.32. The highest BCUT2D eigenvalue weighted by atomic mass is 16.5. The number of hydrogen-bond acceptors (Lipinski definition) is 7. The lowest BCUT2D eigenvalue weighted by Gasteiger charge is -2.37. The minimum atomic E-state index is -0.327. The quantitative estimate of drug-likeness (QED) is 0.584. The summed E-state index contributed by atoms with van der Waals surface area (Å²) in [5, 5.41) is 0. The summed E-state index contributed by atoms with van der Waals surface area (Å²) in [6, 6.07) is 5.26. The number of methoxy groups -OCH3 is 2. The van der Waals surface area contributed by atoms with Crippen LogP contribution in [0.5, 0.6) is 11.5 Å². The zero-order chi connectivity index (χ0) is 22.7. The maximum Gasteiger partial charge on any atom is 0.277 e. The van der Waals surface area contributed by atoms with Gasteiger partial charge in [0.25, 0.3) is 11.8 Å². The number of amides is 2. The summed E-state index contributed by atoms with van der Waals surface area (Å²) < 4.78 is 22.2. The summed E-state index contributed by atoms with van der Waals surface area (Å²) in [6.07, 6.45) is -0.0836. The summed E-state index contributed by atoms with van der Waals surface area (Å²) in [6.45, 7) is 9.33. The molecule has 1 aromatic rings. The van der Waals surface area contributed by atoms with Gasteiger partial charge in [-0.2, -0.15) is 0 Å². The number of morpholine rings is 1. The molecule has 0 spiro atoms. The Morgan fingerprint density at radius 1 is 1.03 bits per heavy atom. The Balaban J connectivity index is 2.03. The number of ether oxygens (including phenoxy) is 4. The van der Waals surface area contributed by atoms with Crippen molar-refractivity contribution in [3.8, 4) is 11.5 Å². The first-order valence-electron chi connectivity index (χ1n) is 10.6. The summed E-state index contributed by atoms with van der Waals surface area (Å²) in [7, 11) is 3.10. The Kier molecular flexibility index (Phi) is 7.23. The van der Waals surface area contributed by atoms with Crippen molar-refractivity contribution in [2.24, 2.45) is 0 Å². The molecule has 0 radical (unpaired) electrons. The zero-order valence-corrected chi connectivity index (χ0v) is 19.1. The van der Waals surface area contributed by atoms with Gasteiger partial charge in [-0.3, -0.25) is 14.5 Å². The molecule has 2 heterocycles. The molecule has 0 bridgehead atoms. The van der Waals surface area contributed by atoms with Gasteiger partial charge in [0.1, 0.15) is 5.70 Å². The monoisotopic (exact) mass is 432 g/mol. The molecule has 0 aliphatic carbocycles. The van der Waals surface area contributed by atoms with E-state index in [9.17, 15) is 9.59 Å². The number of rotatable bonds is 8. The summed E-state index contributed by atoms with van der Waals surface area (Å²) in [5.41, 5.74) is 1.39. The third kappa shape index (κ3) is 4.85. The van der Waals surface area contributed by atoms with Gasteiger partial charge in [-0.15, -0.1) is 0 Å². The maximum absolute atomic E-state index is 13.4. The van der Waals surface area contributed by atoms with Gasteiger partial charge >= 0.3 is 0 Å². The molecule has 170 valence electrons. The topological polar surface area (TPSA) is 77.5 Å². The lowest BCUT2D eigenvalue weighted by atomic mass is 10.0. The van der Waals surface area contributed by atoms with Crippen molar-refractivity contribution in [1.29, 1.82) is 0 Å². The minimum absolute atomic E-state index is 0.0199. The number of imide groups is 1. The van der Waals surface area contributed by atoms with E-state index in [1.165, 1.54) is 4.90 Å². The highest BCUT2D eigenvalue weighted by molar-refractivity contribution is 6.35. The van der Waals surface area contributed by atoms with Gasteiger partial charge in [0.15, 0.2) is 11.5 Å². The molecule has 2 unspecified atom stereocenters. The van der Waals surface area contributed by atoms with Gasteiger partial charge in [-0.25, -0.2) is 0 Å². The lowest BCUT2D eigenvalue weighted by molar-refractivity contribution is -0.139. The Morgan fingerprint density at radius 3 is 2.26 bits per heavy atom. The molecule has 8 heteroatoms. The van der Waals surface area contributed by atoms with E-state index in [1.807, 2.05) is 32.6 Å². The van der Waals surface area contributed by atoms with Crippen LogP contribution in [0.1, 0.15) is 33.3 Å². The van der Waals surface area contributed by atoms with Crippen LogP contribution in [0.2, 0.25) is 0 Å². The number of carbonyl (C=O) groups is 2. The van der Waals surface area contributed by atoms with Crippen LogP contribution in [0.15, 0.2) is 23.9 Å². The van der Waals surface area contributed by atoms with Gasteiger partial charge in [0.05, 0.1) is 51.3 Å². The number of nitrogens with zero attached hydrogens (tertiary/aromatic N) is 2. The second-order valence-electron chi connectivity index (χ2n) is 8.14. The highest BCUT2D eigenvalue weighted by Crippen LogP contribution is 2.37. The van der Waals surface area contributed by atoms with E-state index < -0.39 is 0 Å². The van der Waals surface area contributed by atoms with Crippen molar-refractivity contribution in [1.82, 2.24) is 9.80 Å². The fourth-order valence-electron chi connectivity index (χ4n) is 4.05. The van der Waals surface area contributed by atoms with Crippen molar-refractivity contribution >= 4 is 17.4 Å². The smallest absolute Gasteiger partial charge is 0.277 e. The summed E-state index contributed by atoms with van der Waals surface area (Å²) in [5.74, 6) is 0.424. The zero-order valence-electron chi connectivity index (χ0n) is 19.1. The molecule has 8 nitrogen and oxygen atoms in total. The van der Waals surface area contributed by atoms with Crippen molar-refractivity contribution in [2.45, 2.75) is 46.0 Å². The fraction of sp³-hybridized carbons (Fsp3) is 0.565. The normalized spacial score (nSPS) is 22.0. The Labute approximate surface area is 183 Å². The molecule has 1 fully saturated rings. The average molecular weight is 433 g/mol. The van der Waals surface area contributed by atoms with Gasteiger partial charge in [0.2, 0.25) is 0 Å². The third-order valence-electron chi connectivity index (χ3n) is 5.32. The molecule has 31 heavy (non-hydrogen) atoms.